The maximum absolute atomic E-state index is 12.7. The van der Waals surface area contributed by atoms with Crippen molar-refractivity contribution in [2.45, 2.75) is 20.4 Å². The first-order valence-corrected chi connectivity index (χ1v) is 10.6. The molecule has 150 valence electrons. The molecule has 0 bridgehead atoms. The van der Waals surface area contributed by atoms with Crippen LogP contribution in [0.2, 0.25) is 0 Å². The van der Waals surface area contributed by atoms with Gasteiger partial charge in [-0.1, -0.05) is 44.2 Å². The molecule has 2 heterocycles. The largest absolute Gasteiger partial charge is 0.342 e. The summed E-state index contributed by atoms with van der Waals surface area (Å²) >= 11 is 1.00. The molecular formula is C24H21N3O2S. The molecule has 2 aromatic carbocycles. The lowest BCUT2D eigenvalue weighted by atomic mass is 10.1. The number of amides is 2. The van der Waals surface area contributed by atoms with Crippen LogP contribution >= 0.6 is 11.8 Å². The van der Waals surface area contributed by atoms with E-state index in [1.807, 2.05) is 74.7 Å². The zero-order chi connectivity index (χ0) is 21.3. The van der Waals surface area contributed by atoms with Crippen molar-refractivity contribution in [1.82, 2.24) is 9.47 Å². The number of hydrogen-bond acceptors (Lipinski definition) is 4. The second kappa shape index (κ2) is 8.21. The molecule has 1 aromatic heterocycles. The minimum absolute atomic E-state index is 0.207. The molecule has 1 fully saturated rings. The van der Waals surface area contributed by atoms with E-state index in [1.165, 1.54) is 4.90 Å². The predicted octanol–water partition coefficient (Wildman–Crippen LogP) is 5.25. The first-order valence-electron chi connectivity index (χ1n) is 9.78. The molecule has 6 heteroatoms. The van der Waals surface area contributed by atoms with Crippen LogP contribution in [0, 0.1) is 17.2 Å². The van der Waals surface area contributed by atoms with Crippen LogP contribution in [-0.2, 0) is 11.3 Å². The van der Waals surface area contributed by atoms with Gasteiger partial charge in [0.15, 0.2) is 0 Å². The lowest BCUT2D eigenvalue weighted by molar-refractivity contribution is -0.123. The maximum atomic E-state index is 12.7. The molecule has 2 amide bonds. The Morgan fingerprint density at radius 3 is 2.53 bits per heavy atom. The summed E-state index contributed by atoms with van der Waals surface area (Å²) in [5, 5.41) is 9.81. The van der Waals surface area contributed by atoms with Crippen molar-refractivity contribution in [1.29, 1.82) is 5.26 Å². The van der Waals surface area contributed by atoms with Crippen molar-refractivity contribution in [3.63, 3.8) is 0 Å². The molecule has 0 aliphatic carbocycles. The normalized spacial score (nSPS) is 15.5. The highest BCUT2D eigenvalue weighted by molar-refractivity contribution is 8.18. The van der Waals surface area contributed by atoms with E-state index in [-0.39, 0.29) is 17.1 Å². The molecule has 3 aromatic rings. The number of rotatable bonds is 5. The zero-order valence-corrected chi connectivity index (χ0v) is 17.6. The minimum Gasteiger partial charge on any atom is -0.342 e. The van der Waals surface area contributed by atoms with Crippen LogP contribution in [0.15, 0.2) is 59.6 Å². The summed E-state index contributed by atoms with van der Waals surface area (Å²) in [6, 6.07) is 17.7. The first-order chi connectivity index (χ1) is 14.5. The Bertz CT molecular complexity index is 1200. The highest BCUT2D eigenvalue weighted by Crippen LogP contribution is 2.34. The van der Waals surface area contributed by atoms with Gasteiger partial charge in [-0.05, 0) is 47.5 Å². The lowest BCUT2D eigenvalue weighted by Crippen LogP contribution is -2.31. The standard InChI is InChI=1S/C24H21N3O2S/c1-16(2)13-27-23(28)22(30-24(27)29)11-19-15-26(21-6-4-3-5-20(19)21)14-18-9-7-17(12-25)8-10-18/h3-11,15-16H,13-14H2,1-2H3/b22-11-. The van der Waals surface area contributed by atoms with Crippen molar-refractivity contribution >= 4 is 39.9 Å². The van der Waals surface area contributed by atoms with E-state index in [2.05, 4.69) is 10.6 Å². The van der Waals surface area contributed by atoms with E-state index in [0.29, 0.717) is 23.6 Å². The van der Waals surface area contributed by atoms with Crippen LogP contribution in [0.3, 0.4) is 0 Å². The van der Waals surface area contributed by atoms with Gasteiger partial charge in [-0.25, -0.2) is 0 Å². The van der Waals surface area contributed by atoms with Gasteiger partial charge in [0.05, 0.1) is 16.5 Å². The summed E-state index contributed by atoms with van der Waals surface area (Å²) in [5.74, 6) is 0.00908. The number of hydrogen-bond donors (Lipinski definition) is 0. The number of benzene rings is 2. The van der Waals surface area contributed by atoms with E-state index in [1.54, 1.807) is 0 Å². The van der Waals surface area contributed by atoms with E-state index < -0.39 is 0 Å². The van der Waals surface area contributed by atoms with Gasteiger partial charge in [-0.3, -0.25) is 14.5 Å². The van der Waals surface area contributed by atoms with Crippen molar-refractivity contribution in [3.8, 4) is 6.07 Å². The van der Waals surface area contributed by atoms with Gasteiger partial charge >= 0.3 is 0 Å². The van der Waals surface area contributed by atoms with Gasteiger partial charge in [0.2, 0.25) is 0 Å². The summed E-state index contributed by atoms with van der Waals surface area (Å²) in [6.45, 7) is 5.06. The van der Waals surface area contributed by atoms with Crippen molar-refractivity contribution in [2.24, 2.45) is 5.92 Å². The maximum Gasteiger partial charge on any atom is 0.293 e. The Kier molecular flexibility index (Phi) is 5.47. The Balaban J connectivity index is 1.69. The highest BCUT2D eigenvalue weighted by Gasteiger charge is 2.35. The fourth-order valence-corrected chi connectivity index (χ4v) is 4.41. The SMILES string of the molecule is CC(C)CN1C(=O)S/C(=C\c2cn(Cc3ccc(C#N)cc3)c3ccccc23)C1=O. The number of para-hydroxylation sites is 1. The quantitative estimate of drug-likeness (QED) is 0.534. The van der Waals surface area contributed by atoms with Crippen LogP contribution in [0.4, 0.5) is 4.79 Å². The Morgan fingerprint density at radius 1 is 1.10 bits per heavy atom. The van der Waals surface area contributed by atoms with Gasteiger partial charge in [0, 0.05) is 35.8 Å². The van der Waals surface area contributed by atoms with Crippen LogP contribution in [-0.4, -0.2) is 27.2 Å². The Morgan fingerprint density at radius 2 is 1.83 bits per heavy atom. The summed E-state index contributed by atoms with van der Waals surface area (Å²) in [4.78, 5) is 26.8. The number of carbonyl (C=O) groups excluding carboxylic acids is 2. The average molecular weight is 416 g/mol. The monoisotopic (exact) mass is 415 g/mol. The summed E-state index contributed by atoms with van der Waals surface area (Å²) in [7, 11) is 0. The van der Waals surface area contributed by atoms with Gasteiger partial charge in [0.25, 0.3) is 11.1 Å². The number of imide groups is 1. The fraction of sp³-hybridized carbons (Fsp3) is 0.208. The Labute approximate surface area is 179 Å². The Hall–Kier alpha value is -3.30. The number of carbonyl (C=O) groups is 2. The number of nitrogens with zero attached hydrogens (tertiary/aromatic N) is 3. The molecule has 1 aliphatic heterocycles. The lowest BCUT2D eigenvalue weighted by Gasteiger charge is -2.14. The second-order valence-corrected chi connectivity index (χ2v) is 8.72. The molecule has 1 saturated heterocycles. The molecule has 0 radical (unpaired) electrons. The molecule has 0 saturated carbocycles. The second-order valence-electron chi connectivity index (χ2n) is 7.72. The molecular weight excluding hydrogens is 394 g/mol. The third-order valence-electron chi connectivity index (χ3n) is 4.96. The number of nitriles is 1. The van der Waals surface area contributed by atoms with E-state index in [0.717, 1.165) is 33.8 Å². The fourth-order valence-electron chi connectivity index (χ4n) is 3.57. The molecule has 1 aliphatic rings. The molecule has 5 nitrogen and oxygen atoms in total. The average Bonchev–Trinajstić information content (AvgIpc) is 3.21. The number of fused-ring (bicyclic) bond motifs is 1. The summed E-state index contributed by atoms with van der Waals surface area (Å²) in [5.41, 5.74) is 3.68. The summed E-state index contributed by atoms with van der Waals surface area (Å²) in [6.07, 6.45) is 3.84. The third-order valence-corrected chi connectivity index (χ3v) is 5.87. The molecule has 0 unspecified atom stereocenters. The van der Waals surface area contributed by atoms with Gasteiger partial charge < -0.3 is 4.57 Å². The number of aromatic nitrogens is 1. The van der Waals surface area contributed by atoms with Crippen molar-refractivity contribution in [3.05, 3.63) is 76.3 Å². The van der Waals surface area contributed by atoms with Crippen LogP contribution in [0.1, 0.15) is 30.5 Å². The summed E-state index contributed by atoms with van der Waals surface area (Å²) < 4.78 is 2.13. The number of thioether (sulfide) groups is 1. The van der Waals surface area contributed by atoms with E-state index in [4.69, 9.17) is 5.26 Å². The van der Waals surface area contributed by atoms with E-state index >= 15 is 0 Å². The highest BCUT2D eigenvalue weighted by atomic mass is 32.2. The molecule has 4 rings (SSSR count). The van der Waals surface area contributed by atoms with E-state index in [9.17, 15) is 9.59 Å². The molecule has 0 spiro atoms. The molecule has 0 N–H and O–H groups in total. The first kappa shape index (κ1) is 20.0. The minimum atomic E-state index is -0.220. The predicted molar refractivity (Wildman–Crippen MR) is 120 cm³/mol. The topological polar surface area (TPSA) is 66.1 Å². The van der Waals surface area contributed by atoms with Crippen molar-refractivity contribution in [2.75, 3.05) is 6.54 Å². The van der Waals surface area contributed by atoms with Crippen molar-refractivity contribution < 1.29 is 9.59 Å². The van der Waals surface area contributed by atoms with Gasteiger partial charge in [0.1, 0.15) is 0 Å². The molecule has 30 heavy (non-hydrogen) atoms. The third kappa shape index (κ3) is 3.89. The van der Waals surface area contributed by atoms with Crippen LogP contribution in [0.5, 0.6) is 0 Å². The van der Waals surface area contributed by atoms with Crippen LogP contribution in [0.25, 0.3) is 17.0 Å². The van der Waals surface area contributed by atoms with Gasteiger partial charge in [-0.15, -0.1) is 0 Å². The molecule has 0 atom stereocenters. The van der Waals surface area contributed by atoms with Gasteiger partial charge in [-0.2, -0.15) is 5.26 Å². The smallest absolute Gasteiger partial charge is 0.293 e. The van der Waals surface area contributed by atoms with Crippen LogP contribution < -0.4 is 0 Å². The zero-order valence-electron chi connectivity index (χ0n) is 16.8.